The summed E-state index contributed by atoms with van der Waals surface area (Å²) in [5.74, 6) is 1.08. The number of aryl methyl sites for hydroxylation is 1. The summed E-state index contributed by atoms with van der Waals surface area (Å²) in [4.78, 5) is 8.19. The van der Waals surface area contributed by atoms with E-state index in [-0.39, 0.29) is 0 Å². The SMILES string of the molecule is Cc1ccc(OCCc2cccnc2)c(N)n1. The van der Waals surface area contributed by atoms with Gasteiger partial charge in [0.05, 0.1) is 6.61 Å². The van der Waals surface area contributed by atoms with Crippen LogP contribution in [0.3, 0.4) is 0 Å². The third-order valence-electron chi connectivity index (χ3n) is 2.40. The van der Waals surface area contributed by atoms with Crippen molar-refractivity contribution < 1.29 is 4.74 Å². The summed E-state index contributed by atoms with van der Waals surface area (Å²) >= 11 is 0. The minimum absolute atomic E-state index is 0.441. The Labute approximate surface area is 100 Å². The van der Waals surface area contributed by atoms with E-state index < -0.39 is 0 Å². The lowest BCUT2D eigenvalue weighted by Crippen LogP contribution is -2.05. The van der Waals surface area contributed by atoms with E-state index in [4.69, 9.17) is 10.5 Å². The van der Waals surface area contributed by atoms with Crippen LogP contribution in [0.5, 0.6) is 5.75 Å². The molecule has 0 aliphatic carbocycles. The molecule has 2 aromatic rings. The number of anilines is 1. The van der Waals surface area contributed by atoms with Gasteiger partial charge in [0.25, 0.3) is 0 Å². The highest BCUT2D eigenvalue weighted by Gasteiger charge is 2.01. The predicted molar refractivity (Wildman–Crippen MR) is 66.8 cm³/mol. The highest BCUT2D eigenvalue weighted by molar-refractivity contribution is 5.46. The molecule has 0 amide bonds. The monoisotopic (exact) mass is 229 g/mol. The van der Waals surface area contributed by atoms with E-state index in [0.29, 0.717) is 18.2 Å². The minimum atomic E-state index is 0.441. The molecule has 4 heteroatoms. The molecule has 2 N–H and O–H groups in total. The van der Waals surface area contributed by atoms with Crippen LogP contribution in [0, 0.1) is 6.92 Å². The first-order chi connectivity index (χ1) is 8.25. The summed E-state index contributed by atoms with van der Waals surface area (Å²) in [7, 11) is 0. The van der Waals surface area contributed by atoms with Gasteiger partial charge >= 0.3 is 0 Å². The zero-order chi connectivity index (χ0) is 12.1. The van der Waals surface area contributed by atoms with Crippen LogP contribution >= 0.6 is 0 Å². The molecule has 0 aliphatic heterocycles. The molecule has 0 aliphatic rings. The van der Waals surface area contributed by atoms with Gasteiger partial charge < -0.3 is 10.5 Å². The highest BCUT2D eigenvalue weighted by Crippen LogP contribution is 2.18. The number of nitrogens with zero attached hydrogens (tertiary/aromatic N) is 2. The predicted octanol–water partition coefficient (Wildman–Crippen LogP) is 1.99. The quantitative estimate of drug-likeness (QED) is 0.871. The lowest BCUT2D eigenvalue weighted by atomic mass is 10.2. The lowest BCUT2D eigenvalue weighted by Gasteiger charge is -2.08. The number of nitrogen functional groups attached to an aromatic ring is 1. The van der Waals surface area contributed by atoms with Gasteiger partial charge in [-0.25, -0.2) is 4.98 Å². The second kappa shape index (κ2) is 5.30. The summed E-state index contributed by atoms with van der Waals surface area (Å²) in [6, 6.07) is 7.67. The first-order valence-corrected chi connectivity index (χ1v) is 5.50. The smallest absolute Gasteiger partial charge is 0.166 e. The minimum Gasteiger partial charge on any atom is -0.489 e. The van der Waals surface area contributed by atoms with Gasteiger partial charge in [0.15, 0.2) is 11.6 Å². The first kappa shape index (κ1) is 11.4. The van der Waals surface area contributed by atoms with Crippen molar-refractivity contribution in [3.63, 3.8) is 0 Å². The molecule has 0 radical (unpaired) electrons. The Morgan fingerprint density at radius 3 is 2.88 bits per heavy atom. The molecule has 4 nitrogen and oxygen atoms in total. The third-order valence-corrected chi connectivity index (χ3v) is 2.40. The number of hydrogen-bond acceptors (Lipinski definition) is 4. The van der Waals surface area contributed by atoms with Crippen molar-refractivity contribution in [2.75, 3.05) is 12.3 Å². The molecule has 0 atom stereocenters. The maximum absolute atomic E-state index is 5.75. The van der Waals surface area contributed by atoms with Gasteiger partial charge in [0, 0.05) is 24.5 Å². The van der Waals surface area contributed by atoms with E-state index in [9.17, 15) is 0 Å². The number of rotatable bonds is 4. The number of hydrogen-bond donors (Lipinski definition) is 1. The summed E-state index contributed by atoms with van der Waals surface area (Å²) < 4.78 is 5.58. The van der Waals surface area contributed by atoms with Gasteiger partial charge in [0.1, 0.15) is 0 Å². The summed E-state index contributed by atoms with van der Waals surface area (Å²) in [5, 5.41) is 0. The maximum atomic E-state index is 5.75. The summed E-state index contributed by atoms with van der Waals surface area (Å²) in [6.07, 6.45) is 4.40. The summed E-state index contributed by atoms with van der Waals surface area (Å²) in [5.41, 5.74) is 7.79. The van der Waals surface area contributed by atoms with Gasteiger partial charge in [-0.2, -0.15) is 0 Å². The van der Waals surface area contributed by atoms with Crippen LogP contribution in [0.1, 0.15) is 11.3 Å². The van der Waals surface area contributed by atoms with Crippen LogP contribution < -0.4 is 10.5 Å². The van der Waals surface area contributed by atoms with E-state index >= 15 is 0 Å². The largest absolute Gasteiger partial charge is 0.489 e. The number of nitrogens with two attached hydrogens (primary N) is 1. The molecular weight excluding hydrogens is 214 g/mol. The molecule has 2 aromatic heterocycles. The maximum Gasteiger partial charge on any atom is 0.166 e. The molecule has 0 aromatic carbocycles. The van der Waals surface area contributed by atoms with Crippen LogP contribution in [0.15, 0.2) is 36.7 Å². The Morgan fingerprint density at radius 2 is 2.18 bits per heavy atom. The number of aromatic nitrogens is 2. The van der Waals surface area contributed by atoms with E-state index in [1.165, 1.54) is 0 Å². The van der Waals surface area contributed by atoms with E-state index in [1.54, 1.807) is 6.20 Å². The average Bonchev–Trinajstić information content (AvgIpc) is 2.33. The van der Waals surface area contributed by atoms with Gasteiger partial charge in [-0.05, 0) is 30.7 Å². The zero-order valence-corrected chi connectivity index (χ0v) is 9.76. The van der Waals surface area contributed by atoms with Crippen molar-refractivity contribution in [3.8, 4) is 5.75 Å². The molecule has 17 heavy (non-hydrogen) atoms. The Hall–Kier alpha value is -2.10. The van der Waals surface area contributed by atoms with Gasteiger partial charge in [-0.1, -0.05) is 6.07 Å². The van der Waals surface area contributed by atoms with Crippen LogP contribution in [-0.4, -0.2) is 16.6 Å². The molecule has 0 bridgehead atoms. The number of pyridine rings is 2. The molecule has 2 rings (SSSR count). The van der Waals surface area contributed by atoms with Crippen molar-refractivity contribution in [1.29, 1.82) is 0 Å². The second-order valence-corrected chi connectivity index (χ2v) is 3.80. The fourth-order valence-electron chi connectivity index (χ4n) is 1.51. The van der Waals surface area contributed by atoms with Gasteiger partial charge in [0.2, 0.25) is 0 Å². The zero-order valence-electron chi connectivity index (χ0n) is 9.76. The van der Waals surface area contributed by atoms with Crippen LogP contribution in [0.4, 0.5) is 5.82 Å². The van der Waals surface area contributed by atoms with Gasteiger partial charge in [-0.15, -0.1) is 0 Å². The molecule has 2 heterocycles. The van der Waals surface area contributed by atoms with E-state index in [0.717, 1.165) is 17.7 Å². The third kappa shape index (κ3) is 3.17. The van der Waals surface area contributed by atoms with E-state index in [1.807, 2.05) is 37.4 Å². The highest BCUT2D eigenvalue weighted by atomic mass is 16.5. The van der Waals surface area contributed by atoms with Crippen LogP contribution in [0.2, 0.25) is 0 Å². The fourth-order valence-corrected chi connectivity index (χ4v) is 1.51. The molecule has 0 unspecified atom stereocenters. The Bertz CT molecular complexity index is 485. The molecule has 0 spiro atoms. The molecular formula is C13H15N3O. The Morgan fingerprint density at radius 1 is 1.29 bits per heavy atom. The van der Waals surface area contributed by atoms with Crippen molar-refractivity contribution in [2.24, 2.45) is 0 Å². The van der Waals surface area contributed by atoms with Gasteiger partial charge in [-0.3, -0.25) is 4.98 Å². The van der Waals surface area contributed by atoms with Crippen molar-refractivity contribution >= 4 is 5.82 Å². The van der Waals surface area contributed by atoms with Crippen molar-refractivity contribution in [1.82, 2.24) is 9.97 Å². The topological polar surface area (TPSA) is 61.0 Å². The Kier molecular flexibility index (Phi) is 3.55. The first-order valence-electron chi connectivity index (χ1n) is 5.50. The normalized spacial score (nSPS) is 10.2. The number of ether oxygens (including phenoxy) is 1. The standard InChI is InChI=1S/C13H15N3O/c1-10-4-5-12(13(14)16-10)17-8-6-11-3-2-7-15-9-11/h2-5,7,9H,6,8H2,1H3,(H2,14,16). The van der Waals surface area contributed by atoms with Crippen molar-refractivity contribution in [3.05, 3.63) is 47.9 Å². The van der Waals surface area contributed by atoms with Crippen molar-refractivity contribution in [2.45, 2.75) is 13.3 Å². The molecule has 0 fully saturated rings. The molecule has 0 saturated carbocycles. The Balaban J connectivity index is 1.90. The average molecular weight is 229 g/mol. The van der Waals surface area contributed by atoms with E-state index in [2.05, 4.69) is 9.97 Å². The lowest BCUT2D eigenvalue weighted by molar-refractivity contribution is 0.322. The van der Waals surface area contributed by atoms with Crippen LogP contribution in [0.25, 0.3) is 0 Å². The molecule has 88 valence electrons. The van der Waals surface area contributed by atoms with Crippen LogP contribution in [-0.2, 0) is 6.42 Å². The fraction of sp³-hybridized carbons (Fsp3) is 0.231. The second-order valence-electron chi connectivity index (χ2n) is 3.80. The summed E-state index contributed by atoms with van der Waals surface area (Å²) in [6.45, 7) is 2.47. The molecule has 0 saturated heterocycles.